The van der Waals surface area contributed by atoms with Gasteiger partial charge in [0.25, 0.3) is 0 Å². The second-order valence-corrected chi connectivity index (χ2v) is 6.12. The minimum Gasteiger partial charge on any atom is -0.450 e. The van der Waals surface area contributed by atoms with Crippen LogP contribution in [-0.4, -0.2) is 9.97 Å². The molecular weight excluding hydrogens is 350 g/mol. The summed E-state index contributed by atoms with van der Waals surface area (Å²) in [4.78, 5) is 8.47. The molecule has 5 nitrogen and oxygen atoms in total. The van der Waals surface area contributed by atoms with Crippen molar-refractivity contribution in [1.82, 2.24) is 9.97 Å². The van der Waals surface area contributed by atoms with Gasteiger partial charge in [-0.05, 0) is 41.8 Å². The van der Waals surface area contributed by atoms with E-state index in [1.165, 1.54) is 12.3 Å². The number of benzene rings is 1. The van der Waals surface area contributed by atoms with Gasteiger partial charge in [0, 0.05) is 18.5 Å². The van der Waals surface area contributed by atoms with Gasteiger partial charge < -0.3 is 10.1 Å². The maximum Gasteiger partial charge on any atom is 0.175 e. The molecule has 0 fully saturated rings. The molecule has 0 unspecified atom stereocenters. The average Bonchev–Trinajstić information content (AvgIpc) is 2.65. The van der Waals surface area contributed by atoms with Crippen molar-refractivity contribution in [2.24, 2.45) is 0 Å². The Morgan fingerprint density at radius 1 is 1.04 bits per heavy atom. The molecule has 3 rings (SSSR count). The van der Waals surface area contributed by atoms with Crippen LogP contribution in [0.2, 0.25) is 0 Å². The third-order valence-corrected chi connectivity index (χ3v) is 3.79. The van der Waals surface area contributed by atoms with Crippen LogP contribution in [-0.2, 0) is 0 Å². The molecule has 0 saturated carbocycles. The van der Waals surface area contributed by atoms with Gasteiger partial charge in [-0.25, -0.2) is 18.7 Å². The number of ether oxygens (including phenoxy) is 1. The third kappa shape index (κ3) is 4.36. The smallest absolute Gasteiger partial charge is 0.175 e. The first-order valence-corrected chi connectivity index (χ1v) is 8.22. The fourth-order valence-electron chi connectivity index (χ4n) is 2.28. The van der Waals surface area contributed by atoms with Crippen molar-refractivity contribution in [1.29, 1.82) is 5.26 Å². The van der Waals surface area contributed by atoms with Gasteiger partial charge in [-0.1, -0.05) is 13.8 Å². The molecular formula is C20H16F2N4O. The maximum atomic E-state index is 14.0. The van der Waals surface area contributed by atoms with Crippen LogP contribution in [0.25, 0.3) is 0 Å². The zero-order chi connectivity index (χ0) is 19.4. The highest BCUT2D eigenvalue weighted by molar-refractivity contribution is 5.61. The molecule has 2 aromatic heterocycles. The van der Waals surface area contributed by atoms with Crippen LogP contribution in [0.3, 0.4) is 0 Å². The Morgan fingerprint density at radius 3 is 2.48 bits per heavy atom. The normalized spacial score (nSPS) is 10.5. The number of hydrogen-bond donors (Lipinski definition) is 1. The zero-order valence-corrected chi connectivity index (χ0v) is 14.7. The first-order valence-electron chi connectivity index (χ1n) is 8.22. The van der Waals surface area contributed by atoms with Gasteiger partial charge in [0.05, 0.1) is 5.56 Å². The Kier molecular flexibility index (Phi) is 5.27. The van der Waals surface area contributed by atoms with Crippen molar-refractivity contribution in [3.63, 3.8) is 0 Å². The Balaban J connectivity index is 1.96. The van der Waals surface area contributed by atoms with Crippen LogP contribution in [0.4, 0.5) is 20.4 Å². The van der Waals surface area contributed by atoms with Crippen LogP contribution in [0.15, 0.2) is 48.8 Å². The van der Waals surface area contributed by atoms with Crippen LogP contribution < -0.4 is 10.1 Å². The van der Waals surface area contributed by atoms with E-state index in [4.69, 9.17) is 10.00 Å². The van der Waals surface area contributed by atoms with E-state index in [0.717, 1.165) is 17.7 Å². The predicted molar refractivity (Wildman–Crippen MR) is 97.0 cm³/mol. The number of aromatic nitrogens is 2. The molecule has 0 spiro atoms. The Morgan fingerprint density at radius 2 is 1.85 bits per heavy atom. The average molecular weight is 366 g/mol. The Labute approximate surface area is 155 Å². The summed E-state index contributed by atoms with van der Waals surface area (Å²) in [6, 6.07) is 10.1. The van der Waals surface area contributed by atoms with Crippen molar-refractivity contribution < 1.29 is 13.5 Å². The summed E-state index contributed by atoms with van der Waals surface area (Å²) in [5.74, 6) is -0.391. The number of nitrogens with one attached hydrogen (secondary N) is 1. The van der Waals surface area contributed by atoms with Gasteiger partial charge in [0.15, 0.2) is 23.1 Å². The molecule has 3 aromatic rings. The van der Waals surface area contributed by atoms with E-state index in [1.807, 2.05) is 19.9 Å². The number of rotatable bonds is 5. The standard InChI is InChI=1S/C20H16F2N4O/c1-12(2)14-7-18(27-17-5-4-15(21)8-16(17)22)20(25-11-14)26-19-6-3-13(9-23)10-24-19/h3-8,10-12H,1-2H3,(H,24,25,26). The molecule has 0 aliphatic carbocycles. The van der Waals surface area contributed by atoms with E-state index in [1.54, 1.807) is 24.4 Å². The SMILES string of the molecule is CC(C)c1cnc(Nc2ccc(C#N)cn2)c(Oc2ccc(F)cc2F)c1. The molecule has 27 heavy (non-hydrogen) atoms. The first-order chi connectivity index (χ1) is 13.0. The summed E-state index contributed by atoms with van der Waals surface area (Å²) in [6.07, 6.45) is 3.11. The Bertz CT molecular complexity index is 998. The van der Waals surface area contributed by atoms with Crippen molar-refractivity contribution in [3.8, 4) is 17.6 Å². The summed E-state index contributed by atoms with van der Waals surface area (Å²) in [6.45, 7) is 3.99. The molecule has 1 N–H and O–H groups in total. The Hall–Kier alpha value is -3.53. The molecule has 0 bridgehead atoms. The number of nitrogens with zero attached hydrogens (tertiary/aromatic N) is 3. The molecule has 0 amide bonds. The summed E-state index contributed by atoms with van der Waals surface area (Å²) in [7, 11) is 0. The zero-order valence-electron chi connectivity index (χ0n) is 14.7. The lowest BCUT2D eigenvalue weighted by atomic mass is 10.1. The van der Waals surface area contributed by atoms with Crippen LogP contribution >= 0.6 is 0 Å². The largest absolute Gasteiger partial charge is 0.450 e. The molecule has 136 valence electrons. The van der Waals surface area contributed by atoms with Crippen LogP contribution in [0, 0.1) is 23.0 Å². The van der Waals surface area contributed by atoms with Crippen LogP contribution in [0.1, 0.15) is 30.9 Å². The lowest BCUT2D eigenvalue weighted by molar-refractivity contribution is 0.437. The number of hydrogen-bond acceptors (Lipinski definition) is 5. The lowest BCUT2D eigenvalue weighted by Crippen LogP contribution is -2.02. The van der Waals surface area contributed by atoms with E-state index in [9.17, 15) is 8.78 Å². The van der Waals surface area contributed by atoms with Crippen molar-refractivity contribution in [3.05, 3.63) is 71.6 Å². The summed E-state index contributed by atoms with van der Waals surface area (Å²) < 4.78 is 32.8. The number of pyridine rings is 2. The number of halogens is 2. The molecule has 0 atom stereocenters. The van der Waals surface area contributed by atoms with Crippen LogP contribution in [0.5, 0.6) is 11.5 Å². The molecule has 1 aromatic carbocycles. The second-order valence-electron chi connectivity index (χ2n) is 6.12. The van der Waals surface area contributed by atoms with Gasteiger partial charge in [-0.15, -0.1) is 0 Å². The minimum atomic E-state index is -0.813. The van der Waals surface area contributed by atoms with E-state index >= 15 is 0 Å². The summed E-state index contributed by atoms with van der Waals surface area (Å²) in [5.41, 5.74) is 1.32. The topological polar surface area (TPSA) is 70.8 Å². The van der Waals surface area contributed by atoms with Gasteiger partial charge in [-0.2, -0.15) is 5.26 Å². The van der Waals surface area contributed by atoms with Gasteiger partial charge in [-0.3, -0.25) is 0 Å². The molecule has 7 heteroatoms. The van der Waals surface area contributed by atoms with E-state index in [2.05, 4.69) is 15.3 Å². The number of anilines is 2. The van der Waals surface area contributed by atoms with Gasteiger partial charge >= 0.3 is 0 Å². The third-order valence-electron chi connectivity index (χ3n) is 3.79. The molecule has 0 aliphatic rings. The van der Waals surface area contributed by atoms with Crippen molar-refractivity contribution in [2.45, 2.75) is 19.8 Å². The van der Waals surface area contributed by atoms with Crippen molar-refractivity contribution in [2.75, 3.05) is 5.32 Å². The second kappa shape index (κ2) is 7.79. The number of nitriles is 1. The van der Waals surface area contributed by atoms with E-state index < -0.39 is 11.6 Å². The quantitative estimate of drug-likeness (QED) is 0.665. The highest BCUT2D eigenvalue weighted by Crippen LogP contribution is 2.33. The molecule has 2 heterocycles. The van der Waals surface area contributed by atoms with Crippen molar-refractivity contribution >= 4 is 11.6 Å². The fraction of sp³-hybridized carbons (Fsp3) is 0.150. The lowest BCUT2D eigenvalue weighted by Gasteiger charge is -2.15. The summed E-state index contributed by atoms with van der Waals surface area (Å²) >= 11 is 0. The molecule has 0 radical (unpaired) electrons. The minimum absolute atomic E-state index is 0.116. The first kappa shape index (κ1) is 18.3. The maximum absolute atomic E-state index is 14.0. The summed E-state index contributed by atoms with van der Waals surface area (Å²) in [5, 5.41) is 11.8. The predicted octanol–water partition coefficient (Wildman–Crippen LogP) is 5.29. The highest BCUT2D eigenvalue weighted by Gasteiger charge is 2.14. The van der Waals surface area contributed by atoms with Gasteiger partial charge in [0.1, 0.15) is 17.7 Å². The van der Waals surface area contributed by atoms with E-state index in [-0.39, 0.29) is 17.4 Å². The monoisotopic (exact) mass is 366 g/mol. The highest BCUT2D eigenvalue weighted by atomic mass is 19.1. The van der Waals surface area contributed by atoms with Gasteiger partial charge in [0.2, 0.25) is 0 Å². The fourth-order valence-corrected chi connectivity index (χ4v) is 2.28. The van der Waals surface area contributed by atoms with E-state index in [0.29, 0.717) is 17.2 Å². The molecule has 0 saturated heterocycles. The molecule has 0 aliphatic heterocycles.